The SMILES string of the molecule is COc1cc(N=Nc2ccc(N=Nc3ccc(N=Nc4ccc(C(=O)O)cc4)c(C)c3)c3cc(S(=O)(=O)O)ccc23)c(C)cc1N. The average Bonchev–Trinajstić information content (AvgIpc) is 3.02. The minimum Gasteiger partial charge on any atom is -0.495 e. The molecule has 0 aliphatic carbocycles. The molecule has 0 aromatic heterocycles. The molecule has 4 N–H and O–H groups in total. The molecule has 5 aromatic rings. The molecule has 0 atom stereocenters. The van der Waals surface area contributed by atoms with Gasteiger partial charge in [0.25, 0.3) is 10.1 Å². The van der Waals surface area contributed by atoms with Crippen molar-refractivity contribution >= 4 is 66.7 Å². The number of rotatable bonds is 9. The molecule has 5 rings (SSSR count). The van der Waals surface area contributed by atoms with Gasteiger partial charge in [-0.2, -0.15) is 28.9 Å². The van der Waals surface area contributed by atoms with Crippen LogP contribution in [0.25, 0.3) is 10.8 Å². The molecule has 0 saturated carbocycles. The van der Waals surface area contributed by atoms with Crippen molar-refractivity contribution in [1.82, 2.24) is 0 Å². The fraction of sp³-hybridized carbons (Fsp3) is 0.0938. The number of carboxylic acids is 1. The van der Waals surface area contributed by atoms with Crippen molar-refractivity contribution in [1.29, 1.82) is 0 Å². The van der Waals surface area contributed by atoms with E-state index in [1.54, 1.807) is 54.6 Å². The Morgan fingerprint density at radius 1 is 0.674 bits per heavy atom. The molecule has 5 aromatic carbocycles. The maximum absolute atomic E-state index is 11.9. The number of azo groups is 3. The summed E-state index contributed by atoms with van der Waals surface area (Å²) < 4.78 is 38.9. The van der Waals surface area contributed by atoms with Crippen LogP contribution in [0.1, 0.15) is 21.5 Å². The molecule has 14 heteroatoms. The average molecular weight is 638 g/mol. The first-order chi connectivity index (χ1) is 21.9. The van der Waals surface area contributed by atoms with Gasteiger partial charge in [-0.15, -0.1) is 10.2 Å². The molecule has 0 saturated heterocycles. The summed E-state index contributed by atoms with van der Waals surface area (Å²) in [5.41, 5.74) is 11.0. The van der Waals surface area contributed by atoms with Crippen molar-refractivity contribution < 1.29 is 27.6 Å². The number of fused-ring (bicyclic) bond motifs is 1. The van der Waals surface area contributed by atoms with Gasteiger partial charge in [0.1, 0.15) is 5.75 Å². The highest BCUT2D eigenvalue weighted by atomic mass is 32.2. The van der Waals surface area contributed by atoms with Crippen LogP contribution in [-0.2, 0) is 10.1 Å². The van der Waals surface area contributed by atoms with Crippen LogP contribution < -0.4 is 10.5 Å². The molecular weight excluding hydrogens is 610 g/mol. The zero-order chi connectivity index (χ0) is 33.0. The first-order valence-electron chi connectivity index (χ1n) is 13.6. The Kier molecular flexibility index (Phi) is 8.93. The van der Waals surface area contributed by atoms with Crippen molar-refractivity contribution in [3.05, 3.63) is 102 Å². The van der Waals surface area contributed by atoms with Crippen LogP contribution in [0.2, 0.25) is 0 Å². The van der Waals surface area contributed by atoms with E-state index in [-0.39, 0.29) is 10.5 Å². The van der Waals surface area contributed by atoms with E-state index < -0.39 is 16.1 Å². The highest BCUT2D eigenvalue weighted by Crippen LogP contribution is 2.38. The number of anilines is 1. The number of nitrogen functional groups attached to an aromatic ring is 1. The first-order valence-corrected chi connectivity index (χ1v) is 15.0. The number of hydrogen-bond donors (Lipinski definition) is 3. The van der Waals surface area contributed by atoms with E-state index in [1.807, 2.05) is 13.8 Å². The number of carboxylic acid groups (broad SMARTS) is 1. The summed E-state index contributed by atoms with van der Waals surface area (Å²) in [6, 6.07) is 22.0. The summed E-state index contributed by atoms with van der Waals surface area (Å²) in [7, 11) is -3.00. The molecule has 0 bridgehead atoms. The summed E-state index contributed by atoms with van der Waals surface area (Å²) in [5.74, 6) is -0.570. The van der Waals surface area contributed by atoms with Gasteiger partial charge >= 0.3 is 5.97 Å². The second-order valence-electron chi connectivity index (χ2n) is 10.1. The molecule has 0 fully saturated rings. The van der Waals surface area contributed by atoms with Gasteiger partial charge in [0.05, 0.1) is 57.4 Å². The lowest BCUT2D eigenvalue weighted by Crippen LogP contribution is -1.97. The summed E-state index contributed by atoms with van der Waals surface area (Å²) in [5, 5.41) is 35.8. The van der Waals surface area contributed by atoms with E-state index in [0.717, 1.165) is 11.1 Å². The molecule has 232 valence electrons. The van der Waals surface area contributed by atoms with Gasteiger partial charge in [0, 0.05) is 16.8 Å². The van der Waals surface area contributed by atoms with E-state index in [1.165, 1.54) is 37.4 Å². The summed E-state index contributed by atoms with van der Waals surface area (Å²) >= 11 is 0. The molecule has 0 unspecified atom stereocenters. The van der Waals surface area contributed by atoms with E-state index in [0.29, 0.717) is 56.3 Å². The number of ether oxygens (including phenoxy) is 1. The number of methoxy groups -OCH3 is 1. The highest BCUT2D eigenvalue weighted by molar-refractivity contribution is 7.85. The quantitative estimate of drug-likeness (QED) is 0.0811. The van der Waals surface area contributed by atoms with Crippen LogP contribution >= 0.6 is 0 Å². The van der Waals surface area contributed by atoms with Crippen molar-refractivity contribution in [2.75, 3.05) is 12.8 Å². The highest BCUT2D eigenvalue weighted by Gasteiger charge is 2.14. The van der Waals surface area contributed by atoms with Gasteiger partial charge in [-0.05, 0) is 97.8 Å². The van der Waals surface area contributed by atoms with Crippen molar-refractivity contribution in [3.63, 3.8) is 0 Å². The molecule has 0 amide bonds. The Morgan fingerprint density at radius 3 is 1.89 bits per heavy atom. The van der Waals surface area contributed by atoms with Crippen LogP contribution in [0.4, 0.5) is 39.8 Å². The Hall–Kier alpha value is -5.86. The number of aryl methyl sites for hydroxylation is 2. The first kappa shape index (κ1) is 31.6. The molecule has 46 heavy (non-hydrogen) atoms. The van der Waals surface area contributed by atoms with Crippen molar-refractivity contribution in [2.24, 2.45) is 30.7 Å². The summed E-state index contributed by atoms with van der Waals surface area (Å²) in [6.07, 6.45) is 0. The van der Waals surface area contributed by atoms with Gasteiger partial charge in [-0.1, -0.05) is 6.07 Å². The summed E-state index contributed by atoms with van der Waals surface area (Å²) in [4.78, 5) is 10.7. The number of nitrogens with zero attached hydrogens (tertiary/aromatic N) is 6. The number of nitrogens with two attached hydrogens (primary N) is 1. The van der Waals surface area contributed by atoms with Gasteiger partial charge in [-0.3, -0.25) is 4.55 Å². The zero-order valence-corrected chi connectivity index (χ0v) is 25.6. The van der Waals surface area contributed by atoms with Crippen molar-refractivity contribution in [3.8, 4) is 5.75 Å². The Balaban J connectivity index is 1.46. The molecular formula is C32H27N7O6S. The van der Waals surface area contributed by atoms with Crippen LogP contribution in [-0.4, -0.2) is 31.2 Å². The zero-order valence-electron chi connectivity index (χ0n) is 24.8. The maximum atomic E-state index is 11.9. The van der Waals surface area contributed by atoms with E-state index in [2.05, 4.69) is 30.7 Å². The fourth-order valence-corrected chi connectivity index (χ4v) is 4.94. The second-order valence-corrected chi connectivity index (χ2v) is 11.5. The van der Waals surface area contributed by atoms with E-state index in [9.17, 15) is 17.8 Å². The lowest BCUT2D eigenvalue weighted by atomic mass is 10.1. The van der Waals surface area contributed by atoms with Crippen LogP contribution in [0.5, 0.6) is 5.75 Å². The Morgan fingerprint density at radius 2 is 1.24 bits per heavy atom. The lowest BCUT2D eigenvalue weighted by molar-refractivity contribution is 0.0697. The standard InChI is InChI=1S/C32H27N7O6S/c1-18-14-22(8-11-27(18)36-34-21-6-4-20(5-7-21)32(40)41)35-37-29-13-12-28(24-10-9-23(16-25(24)29)46(42,43)44)38-39-30-17-31(45-3)26(33)15-19(30)2/h4-17H,33H2,1-3H3,(H,40,41)(H,42,43,44). The molecule has 0 heterocycles. The van der Waals surface area contributed by atoms with Gasteiger partial charge in [0.2, 0.25) is 0 Å². The number of carbonyl (C=O) groups is 1. The second kappa shape index (κ2) is 13.0. The molecule has 0 radical (unpaired) electrons. The molecule has 0 aliphatic rings. The molecule has 0 aliphatic heterocycles. The van der Waals surface area contributed by atoms with Gasteiger partial charge in [-0.25, -0.2) is 4.79 Å². The maximum Gasteiger partial charge on any atom is 0.335 e. The van der Waals surface area contributed by atoms with Gasteiger partial charge < -0.3 is 15.6 Å². The third-order valence-corrected chi connectivity index (χ3v) is 7.74. The fourth-order valence-electron chi connectivity index (χ4n) is 4.43. The predicted molar refractivity (Wildman–Crippen MR) is 173 cm³/mol. The van der Waals surface area contributed by atoms with Crippen LogP contribution in [0.15, 0.2) is 121 Å². The minimum atomic E-state index is -4.50. The largest absolute Gasteiger partial charge is 0.495 e. The van der Waals surface area contributed by atoms with E-state index >= 15 is 0 Å². The topological polar surface area (TPSA) is 201 Å². The monoisotopic (exact) mass is 637 g/mol. The summed E-state index contributed by atoms with van der Waals surface area (Å²) in [6.45, 7) is 3.66. The van der Waals surface area contributed by atoms with Crippen LogP contribution in [0.3, 0.4) is 0 Å². The predicted octanol–water partition coefficient (Wildman–Crippen LogP) is 9.24. The number of aromatic carboxylic acids is 1. The number of benzene rings is 5. The Labute approximate surface area is 263 Å². The molecule has 13 nitrogen and oxygen atoms in total. The third kappa shape index (κ3) is 7.09. The molecule has 0 spiro atoms. The number of hydrogen-bond acceptors (Lipinski definition) is 11. The Bertz CT molecular complexity index is 2180. The normalized spacial score (nSPS) is 12.1. The lowest BCUT2D eigenvalue weighted by Gasteiger charge is -2.08. The third-order valence-electron chi connectivity index (χ3n) is 6.89. The van der Waals surface area contributed by atoms with Crippen LogP contribution in [0, 0.1) is 13.8 Å². The smallest absolute Gasteiger partial charge is 0.335 e. The minimum absolute atomic E-state index is 0.153. The van der Waals surface area contributed by atoms with Gasteiger partial charge in [0.15, 0.2) is 0 Å². The van der Waals surface area contributed by atoms with E-state index in [4.69, 9.17) is 15.6 Å². The van der Waals surface area contributed by atoms with Crippen molar-refractivity contribution in [2.45, 2.75) is 18.7 Å².